The van der Waals surface area contributed by atoms with Gasteiger partial charge >= 0.3 is 12.1 Å². The molecule has 0 aliphatic carbocycles. The molecule has 0 heterocycles. The zero-order valence-electron chi connectivity index (χ0n) is 12.8. The van der Waals surface area contributed by atoms with Crippen LogP contribution in [0.1, 0.15) is 18.9 Å². The first-order chi connectivity index (χ1) is 10.5. The van der Waals surface area contributed by atoms with Gasteiger partial charge < -0.3 is 4.74 Å². The van der Waals surface area contributed by atoms with E-state index in [0.717, 1.165) is 12.7 Å². The molecule has 0 aliphatic rings. The number of esters is 1. The molecule has 0 spiro atoms. The lowest BCUT2D eigenvalue weighted by atomic mass is 9.97. The topological polar surface area (TPSA) is 72.5 Å². The summed E-state index contributed by atoms with van der Waals surface area (Å²) in [7, 11) is -3.48. The number of alkyl halides is 3. The highest BCUT2D eigenvalue weighted by Crippen LogP contribution is 2.29. The molecule has 0 aromatic heterocycles. The fraction of sp³-hybridized carbons (Fsp3) is 0.500. The quantitative estimate of drug-likeness (QED) is 0.797. The predicted octanol–water partition coefficient (Wildman–Crippen LogP) is 2.40. The third-order valence-electron chi connectivity index (χ3n) is 3.31. The van der Waals surface area contributed by atoms with Crippen LogP contribution in [0.3, 0.4) is 0 Å². The van der Waals surface area contributed by atoms with Gasteiger partial charge in [0.1, 0.15) is 6.04 Å². The van der Waals surface area contributed by atoms with Gasteiger partial charge in [-0.05, 0) is 25.5 Å². The van der Waals surface area contributed by atoms with Crippen molar-refractivity contribution in [3.8, 4) is 0 Å². The number of ether oxygens (including phenoxy) is 1. The molecule has 0 amide bonds. The van der Waals surface area contributed by atoms with Crippen LogP contribution >= 0.6 is 0 Å². The van der Waals surface area contributed by atoms with E-state index in [1.54, 1.807) is 11.6 Å². The molecule has 2 atom stereocenters. The molecule has 0 fully saturated rings. The van der Waals surface area contributed by atoms with Crippen molar-refractivity contribution >= 4 is 16.0 Å². The van der Waals surface area contributed by atoms with Crippen molar-refractivity contribution in [2.45, 2.75) is 37.4 Å². The molecule has 5 nitrogen and oxygen atoms in total. The van der Waals surface area contributed by atoms with Gasteiger partial charge in [0.2, 0.25) is 10.0 Å². The number of carbonyl (C=O) groups excluding carboxylic acids is 1. The van der Waals surface area contributed by atoms with E-state index in [0.29, 0.717) is 0 Å². The first-order valence-corrected chi connectivity index (χ1v) is 8.24. The fourth-order valence-electron chi connectivity index (χ4n) is 2.02. The Morgan fingerprint density at radius 3 is 2.17 bits per heavy atom. The van der Waals surface area contributed by atoms with Crippen molar-refractivity contribution in [3.05, 3.63) is 29.8 Å². The lowest BCUT2D eigenvalue weighted by Crippen LogP contribution is -2.52. The van der Waals surface area contributed by atoms with Crippen molar-refractivity contribution in [1.82, 2.24) is 4.72 Å². The highest BCUT2D eigenvalue weighted by atomic mass is 32.2. The normalized spacial score (nSPS) is 15.0. The van der Waals surface area contributed by atoms with E-state index in [2.05, 4.69) is 4.74 Å². The number of methoxy groups -OCH3 is 1. The van der Waals surface area contributed by atoms with Gasteiger partial charge in [0.05, 0.1) is 17.9 Å². The van der Waals surface area contributed by atoms with E-state index in [-0.39, 0.29) is 11.3 Å². The van der Waals surface area contributed by atoms with E-state index < -0.39 is 34.1 Å². The molecular formula is C14H18F3NO4S. The Morgan fingerprint density at radius 2 is 1.78 bits per heavy atom. The van der Waals surface area contributed by atoms with Crippen molar-refractivity contribution in [1.29, 1.82) is 0 Å². The summed E-state index contributed by atoms with van der Waals surface area (Å²) in [5.41, 5.74) is 0.761. The van der Waals surface area contributed by atoms with Crippen LogP contribution in [0.4, 0.5) is 13.2 Å². The SMILES string of the molecule is CC[C@@H](C(=O)OC)[C@H](NS(=O)(=O)c1ccc(C)cc1)C(F)(F)F. The minimum absolute atomic E-state index is 0.229. The van der Waals surface area contributed by atoms with Crippen LogP contribution in [-0.2, 0) is 19.6 Å². The number of halogens is 3. The van der Waals surface area contributed by atoms with Gasteiger partial charge in [-0.3, -0.25) is 4.79 Å². The van der Waals surface area contributed by atoms with Gasteiger partial charge in [0.25, 0.3) is 0 Å². The van der Waals surface area contributed by atoms with Gasteiger partial charge in [-0.25, -0.2) is 8.42 Å². The summed E-state index contributed by atoms with van der Waals surface area (Å²) in [4.78, 5) is 11.2. The maximum atomic E-state index is 13.2. The van der Waals surface area contributed by atoms with E-state index in [9.17, 15) is 26.4 Å². The van der Waals surface area contributed by atoms with Gasteiger partial charge in [0, 0.05) is 0 Å². The fourth-order valence-corrected chi connectivity index (χ4v) is 3.28. The zero-order valence-corrected chi connectivity index (χ0v) is 13.7. The summed E-state index contributed by atoms with van der Waals surface area (Å²) in [5, 5.41) is 0. The van der Waals surface area contributed by atoms with E-state index in [4.69, 9.17) is 0 Å². The molecule has 0 radical (unpaired) electrons. The molecule has 0 unspecified atom stereocenters. The van der Waals surface area contributed by atoms with Gasteiger partial charge in [-0.2, -0.15) is 17.9 Å². The summed E-state index contributed by atoms with van der Waals surface area (Å²) in [6.45, 7) is 3.06. The van der Waals surface area contributed by atoms with E-state index >= 15 is 0 Å². The Morgan fingerprint density at radius 1 is 1.26 bits per heavy atom. The first-order valence-electron chi connectivity index (χ1n) is 6.76. The lowest BCUT2D eigenvalue weighted by molar-refractivity contribution is -0.177. The molecule has 1 aromatic carbocycles. The summed E-state index contributed by atoms with van der Waals surface area (Å²) in [6, 6.07) is 2.77. The molecule has 0 saturated heterocycles. The van der Waals surface area contributed by atoms with Crippen LogP contribution in [0.15, 0.2) is 29.2 Å². The molecule has 1 rings (SSSR count). The number of benzene rings is 1. The lowest BCUT2D eigenvalue weighted by Gasteiger charge is -2.27. The number of carbonyl (C=O) groups is 1. The molecule has 23 heavy (non-hydrogen) atoms. The molecule has 9 heteroatoms. The number of sulfonamides is 1. The molecule has 1 aromatic rings. The Bertz CT molecular complexity index is 641. The Kier molecular flexibility index (Phi) is 6.18. The average molecular weight is 353 g/mol. The predicted molar refractivity (Wildman–Crippen MR) is 77.1 cm³/mol. The van der Waals surface area contributed by atoms with Crippen LogP contribution in [-0.4, -0.2) is 33.7 Å². The van der Waals surface area contributed by atoms with Crippen LogP contribution < -0.4 is 4.72 Å². The van der Waals surface area contributed by atoms with Crippen LogP contribution in [0, 0.1) is 12.8 Å². The molecule has 130 valence electrons. The number of rotatable bonds is 6. The molecule has 0 bridgehead atoms. The van der Waals surface area contributed by atoms with E-state index in [1.165, 1.54) is 31.2 Å². The molecule has 0 saturated carbocycles. The van der Waals surface area contributed by atoms with Crippen molar-refractivity contribution in [2.24, 2.45) is 5.92 Å². The summed E-state index contributed by atoms with van der Waals surface area (Å²) >= 11 is 0. The molecule has 1 N–H and O–H groups in total. The monoisotopic (exact) mass is 353 g/mol. The van der Waals surface area contributed by atoms with Crippen LogP contribution in [0.2, 0.25) is 0 Å². The molecular weight excluding hydrogens is 335 g/mol. The van der Waals surface area contributed by atoms with Crippen LogP contribution in [0.5, 0.6) is 0 Å². The van der Waals surface area contributed by atoms with E-state index in [1.807, 2.05) is 0 Å². The van der Waals surface area contributed by atoms with Gasteiger partial charge in [-0.15, -0.1) is 0 Å². The Hall–Kier alpha value is -1.61. The second-order valence-corrected chi connectivity index (χ2v) is 6.71. The maximum absolute atomic E-state index is 13.2. The summed E-state index contributed by atoms with van der Waals surface area (Å²) < 4.78 is 69.9. The third-order valence-corrected chi connectivity index (χ3v) is 4.77. The number of hydrogen-bond donors (Lipinski definition) is 1. The Balaban J connectivity index is 3.19. The first kappa shape index (κ1) is 19.4. The summed E-state index contributed by atoms with van der Waals surface area (Å²) in [6.07, 6.45) is -5.17. The standard InChI is InChI=1S/C14H18F3NO4S/c1-4-11(13(19)22-3)12(14(15,16)17)18-23(20,21)10-7-5-9(2)6-8-10/h5-8,11-12,18H,4H2,1-3H3/t11-,12+/m1/s1. The molecule has 0 aliphatic heterocycles. The van der Waals surface area contributed by atoms with Crippen molar-refractivity contribution < 1.29 is 31.1 Å². The third kappa shape index (κ3) is 4.93. The highest BCUT2D eigenvalue weighted by molar-refractivity contribution is 7.89. The number of nitrogens with one attached hydrogen (secondary N) is 1. The minimum Gasteiger partial charge on any atom is -0.469 e. The van der Waals surface area contributed by atoms with Crippen LogP contribution in [0.25, 0.3) is 0 Å². The number of aryl methyl sites for hydroxylation is 1. The van der Waals surface area contributed by atoms with Gasteiger partial charge in [0.15, 0.2) is 0 Å². The maximum Gasteiger partial charge on any atom is 0.405 e. The summed E-state index contributed by atoms with van der Waals surface area (Å²) in [5.74, 6) is -2.79. The van der Waals surface area contributed by atoms with Crippen molar-refractivity contribution in [2.75, 3.05) is 7.11 Å². The second kappa shape index (κ2) is 7.31. The Labute approximate surface area is 132 Å². The highest BCUT2D eigenvalue weighted by Gasteiger charge is 2.49. The number of hydrogen-bond acceptors (Lipinski definition) is 4. The average Bonchev–Trinajstić information content (AvgIpc) is 2.46. The minimum atomic E-state index is -4.94. The van der Waals surface area contributed by atoms with Crippen molar-refractivity contribution in [3.63, 3.8) is 0 Å². The zero-order chi connectivity index (χ0) is 17.8. The smallest absolute Gasteiger partial charge is 0.405 e. The largest absolute Gasteiger partial charge is 0.469 e. The van der Waals surface area contributed by atoms with Gasteiger partial charge in [-0.1, -0.05) is 24.6 Å². The second-order valence-electron chi connectivity index (χ2n) is 4.99.